The number of ketones is 1. The molecule has 0 spiro atoms. The fourth-order valence-corrected chi connectivity index (χ4v) is 4.80. The van der Waals surface area contributed by atoms with Crippen molar-refractivity contribution in [3.05, 3.63) is 46.5 Å². The summed E-state index contributed by atoms with van der Waals surface area (Å²) in [5, 5.41) is 0. The number of hydrogen-bond acceptors (Lipinski definition) is 6. The zero-order valence-electron chi connectivity index (χ0n) is 16.6. The molecule has 3 heterocycles. The van der Waals surface area contributed by atoms with Gasteiger partial charge in [-0.05, 0) is 36.6 Å². The standard InChI is InChI=1S/C23H22O6/c1-11-14-4-5-17-16(8-18(28-17)12(2)25)23(14)29-21-10-27-20-6-13(9-24)19(26-3)7-15(20)22(11)21/h4-7,9,11,18,21-22H,8,10H2,1-3H3/t11?,18-,21?,22+/m1/s1. The molecular formula is C23H22O6. The van der Waals surface area contributed by atoms with Crippen LogP contribution in [0.2, 0.25) is 0 Å². The summed E-state index contributed by atoms with van der Waals surface area (Å²) in [7, 11) is 1.56. The van der Waals surface area contributed by atoms with Crippen LogP contribution in [0.3, 0.4) is 0 Å². The lowest BCUT2D eigenvalue weighted by Crippen LogP contribution is -2.41. The maximum atomic E-state index is 11.8. The zero-order chi connectivity index (χ0) is 20.3. The van der Waals surface area contributed by atoms with Crippen LogP contribution in [0.5, 0.6) is 23.0 Å². The Morgan fingerprint density at radius 1 is 1.17 bits per heavy atom. The summed E-state index contributed by atoms with van der Waals surface area (Å²) in [5.74, 6) is 3.05. The number of ether oxygens (including phenoxy) is 4. The molecule has 6 heteroatoms. The number of hydrogen-bond donors (Lipinski definition) is 0. The first-order chi connectivity index (χ1) is 14.0. The highest BCUT2D eigenvalue weighted by molar-refractivity contribution is 5.83. The molecule has 2 aromatic rings. The van der Waals surface area contributed by atoms with Crippen LogP contribution in [-0.4, -0.2) is 38.0 Å². The van der Waals surface area contributed by atoms with Gasteiger partial charge in [0.2, 0.25) is 0 Å². The fraction of sp³-hybridized carbons (Fsp3) is 0.391. The Labute approximate surface area is 168 Å². The first kappa shape index (κ1) is 18.0. The molecule has 29 heavy (non-hydrogen) atoms. The molecule has 6 nitrogen and oxygen atoms in total. The third kappa shape index (κ3) is 2.62. The van der Waals surface area contributed by atoms with E-state index in [1.807, 2.05) is 18.2 Å². The van der Waals surface area contributed by atoms with E-state index in [-0.39, 0.29) is 23.7 Å². The molecule has 0 fully saturated rings. The molecule has 2 unspecified atom stereocenters. The van der Waals surface area contributed by atoms with Crippen molar-refractivity contribution < 1.29 is 28.5 Å². The minimum atomic E-state index is -0.442. The molecule has 5 rings (SSSR count). The van der Waals surface area contributed by atoms with E-state index in [0.717, 1.165) is 34.5 Å². The van der Waals surface area contributed by atoms with Crippen molar-refractivity contribution in [1.82, 2.24) is 0 Å². The summed E-state index contributed by atoms with van der Waals surface area (Å²) >= 11 is 0. The van der Waals surface area contributed by atoms with Gasteiger partial charge in [-0.25, -0.2) is 0 Å². The Bertz CT molecular complexity index is 1030. The molecule has 0 saturated carbocycles. The van der Waals surface area contributed by atoms with Gasteiger partial charge < -0.3 is 18.9 Å². The van der Waals surface area contributed by atoms with E-state index in [2.05, 4.69) is 6.92 Å². The van der Waals surface area contributed by atoms with E-state index < -0.39 is 6.10 Å². The molecule has 3 aliphatic rings. The Hall–Kier alpha value is -3.02. The van der Waals surface area contributed by atoms with Gasteiger partial charge in [0, 0.05) is 23.5 Å². The van der Waals surface area contributed by atoms with Crippen molar-refractivity contribution >= 4 is 12.1 Å². The first-order valence-corrected chi connectivity index (χ1v) is 9.81. The number of carbonyl (C=O) groups excluding carboxylic acids is 2. The van der Waals surface area contributed by atoms with E-state index in [1.165, 1.54) is 0 Å². The number of benzene rings is 2. The van der Waals surface area contributed by atoms with Crippen molar-refractivity contribution in [2.45, 2.75) is 44.3 Å². The van der Waals surface area contributed by atoms with E-state index in [0.29, 0.717) is 30.1 Å². The highest BCUT2D eigenvalue weighted by Crippen LogP contribution is 2.53. The number of rotatable bonds is 3. The molecular weight excluding hydrogens is 372 g/mol. The van der Waals surface area contributed by atoms with Gasteiger partial charge in [0.05, 0.1) is 12.7 Å². The molecule has 0 bridgehead atoms. The minimum Gasteiger partial charge on any atom is -0.496 e. The molecule has 150 valence electrons. The topological polar surface area (TPSA) is 71.1 Å². The van der Waals surface area contributed by atoms with Crippen molar-refractivity contribution in [2.24, 2.45) is 0 Å². The maximum Gasteiger partial charge on any atom is 0.170 e. The normalized spacial score (nSPS) is 25.9. The quantitative estimate of drug-likeness (QED) is 0.743. The van der Waals surface area contributed by atoms with Crippen molar-refractivity contribution in [3.8, 4) is 23.0 Å². The fourth-order valence-electron chi connectivity index (χ4n) is 4.80. The lowest BCUT2D eigenvalue weighted by Gasteiger charge is -2.42. The van der Waals surface area contributed by atoms with Crippen LogP contribution in [0.1, 0.15) is 52.7 Å². The van der Waals surface area contributed by atoms with Gasteiger partial charge in [-0.2, -0.15) is 0 Å². The SMILES string of the molecule is COc1cc2c(cc1C=O)OCC1Oc3c(ccc4c3C[C@H](C(C)=O)O4)C(C)[C@@H]21. The van der Waals surface area contributed by atoms with Crippen LogP contribution in [0.4, 0.5) is 0 Å². The number of fused-ring (bicyclic) bond motifs is 6. The van der Waals surface area contributed by atoms with Crippen LogP contribution in [0.15, 0.2) is 24.3 Å². The van der Waals surface area contributed by atoms with Crippen molar-refractivity contribution in [1.29, 1.82) is 0 Å². The third-order valence-electron chi connectivity index (χ3n) is 6.31. The zero-order valence-corrected chi connectivity index (χ0v) is 16.6. The van der Waals surface area contributed by atoms with Gasteiger partial charge >= 0.3 is 0 Å². The molecule has 0 amide bonds. The van der Waals surface area contributed by atoms with Gasteiger partial charge in [0.25, 0.3) is 0 Å². The van der Waals surface area contributed by atoms with Gasteiger partial charge in [0.15, 0.2) is 18.2 Å². The highest BCUT2D eigenvalue weighted by atomic mass is 16.5. The maximum absolute atomic E-state index is 11.8. The number of carbonyl (C=O) groups is 2. The van der Waals surface area contributed by atoms with Crippen molar-refractivity contribution in [3.63, 3.8) is 0 Å². The summed E-state index contributed by atoms with van der Waals surface area (Å²) in [6, 6.07) is 7.61. The average molecular weight is 394 g/mol. The molecule has 0 saturated heterocycles. The smallest absolute Gasteiger partial charge is 0.170 e. The van der Waals surface area contributed by atoms with Gasteiger partial charge in [-0.1, -0.05) is 13.0 Å². The predicted molar refractivity (Wildman–Crippen MR) is 105 cm³/mol. The van der Waals surface area contributed by atoms with Crippen molar-refractivity contribution in [2.75, 3.05) is 13.7 Å². The summed E-state index contributed by atoms with van der Waals surface area (Å²) < 4.78 is 23.6. The first-order valence-electron chi connectivity index (χ1n) is 9.81. The largest absolute Gasteiger partial charge is 0.496 e. The van der Waals surface area contributed by atoms with E-state index >= 15 is 0 Å². The second-order valence-corrected chi connectivity index (χ2v) is 7.91. The lowest BCUT2D eigenvalue weighted by molar-refractivity contribution is -0.122. The van der Waals surface area contributed by atoms with Crippen LogP contribution < -0.4 is 18.9 Å². The summed E-state index contributed by atoms with van der Waals surface area (Å²) in [4.78, 5) is 23.2. The number of Topliss-reactive ketones (excluding diaryl/α,β-unsaturated/α-hetero) is 1. The molecule has 4 atom stereocenters. The van der Waals surface area contributed by atoms with E-state index in [1.54, 1.807) is 20.1 Å². The second-order valence-electron chi connectivity index (χ2n) is 7.91. The van der Waals surface area contributed by atoms with E-state index in [4.69, 9.17) is 18.9 Å². The summed E-state index contributed by atoms with van der Waals surface area (Å²) in [6.45, 7) is 4.13. The highest BCUT2D eigenvalue weighted by Gasteiger charge is 2.44. The third-order valence-corrected chi connectivity index (χ3v) is 6.31. The monoisotopic (exact) mass is 394 g/mol. The molecule has 0 aromatic heterocycles. The number of aldehydes is 1. The van der Waals surface area contributed by atoms with Crippen LogP contribution in [0.25, 0.3) is 0 Å². The molecule has 0 aliphatic carbocycles. The average Bonchev–Trinajstić information content (AvgIpc) is 3.17. The summed E-state index contributed by atoms with van der Waals surface area (Å²) in [6.07, 6.45) is 0.702. The second kappa shape index (κ2) is 6.51. The minimum absolute atomic E-state index is 0.0182. The molecule has 3 aliphatic heterocycles. The Kier molecular flexibility index (Phi) is 4.05. The van der Waals surface area contributed by atoms with Crippen LogP contribution in [0, 0.1) is 0 Å². The van der Waals surface area contributed by atoms with Crippen LogP contribution >= 0.6 is 0 Å². The Morgan fingerprint density at radius 2 is 2.00 bits per heavy atom. The lowest BCUT2D eigenvalue weighted by atomic mass is 9.75. The van der Waals surface area contributed by atoms with Gasteiger partial charge in [-0.15, -0.1) is 0 Å². The van der Waals surface area contributed by atoms with Gasteiger partial charge in [-0.3, -0.25) is 9.59 Å². The van der Waals surface area contributed by atoms with Crippen LogP contribution in [-0.2, 0) is 11.2 Å². The predicted octanol–water partition coefficient (Wildman–Crippen LogP) is 3.44. The summed E-state index contributed by atoms with van der Waals surface area (Å²) in [5.41, 5.74) is 3.52. The Morgan fingerprint density at radius 3 is 2.72 bits per heavy atom. The molecule has 0 N–H and O–H groups in total. The van der Waals surface area contributed by atoms with E-state index in [9.17, 15) is 9.59 Å². The molecule has 0 radical (unpaired) electrons. The molecule has 2 aromatic carbocycles. The number of methoxy groups -OCH3 is 1. The van der Waals surface area contributed by atoms with Gasteiger partial charge in [0.1, 0.15) is 35.7 Å². The Balaban J connectivity index is 1.58.